The summed E-state index contributed by atoms with van der Waals surface area (Å²) in [7, 11) is 2.25. The van der Waals surface area contributed by atoms with Gasteiger partial charge in [-0.25, -0.2) is 0 Å². The Morgan fingerprint density at radius 3 is 2.06 bits per heavy atom. The number of phenols is 2. The first-order valence-corrected chi connectivity index (χ1v) is 16.8. The van der Waals surface area contributed by atoms with E-state index < -0.39 is 102 Å². The van der Waals surface area contributed by atoms with E-state index >= 15 is 9.59 Å². The number of carbonyl (C=O) groups is 7. The third-order valence-electron chi connectivity index (χ3n) is 13.5. The third-order valence-corrected chi connectivity index (χ3v) is 13.5. The molecule has 0 aromatic heterocycles. The number of aldehydes is 1. The molecule has 270 valence electrons. The van der Waals surface area contributed by atoms with Crippen LogP contribution in [-0.4, -0.2) is 71.9 Å². The highest BCUT2D eigenvalue weighted by Crippen LogP contribution is 2.77. The lowest BCUT2D eigenvalue weighted by molar-refractivity contribution is -0.217. The number of hydrogen-bond donors (Lipinski definition) is 2. The van der Waals surface area contributed by atoms with E-state index in [1.54, 1.807) is 13.8 Å². The average molecular weight is 695 g/mol. The normalized spacial score (nSPS) is 37.0. The van der Waals surface area contributed by atoms with Crippen LogP contribution in [0.2, 0.25) is 0 Å². The number of benzene rings is 1. The number of esters is 2. The summed E-state index contributed by atoms with van der Waals surface area (Å²) in [6, 6.07) is 0.985. The van der Waals surface area contributed by atoms with E-state index in [0.717, 1.165) is 40.4 Å². The van der Waals surface area contributed by atoms with Gasteiger partial charge in [-0.05, 0) is 76.7 Å². The van der Waals surface area contributed by atoms with Crippen molar-refractivity contribution in [3.63, 3.8) is 0 Å². The van der Waals surface area contributed by atoms with E-state index in [9.17, 15) is 34.2 Å². The molecule has 4 aliphatic carbocycles. The first kappa shape index (κ1) is 36.9. The summed E-state index contributed by atoms with van der Waals surface area (Å²) in [5.74, 6) is -8.71. The van der Waals surface area contributed by atoms with Crippen molar-refractivity contribution >= 4 is 41.4 Å². The molecule has 12 heteroatoms. The molecule has 12 nitrogen and oxygen atoms in total. The summed E-state index contributed by atoms with van der Waals surface area (Å²) >= 11 is 0. The van der Waals surface area contributed by atoms with E-state index in [2.05, 4.69) is 0 Å². The Morgan fingerprint density at radius 2 is 1.54 bits per heavy atom. The summed E-state index contributed by atoms with van der Waals surface area (Å²) in [4.78, 5) is 98.5. The van der Waals surface area contributed by atoms with Gasteiger partial charge < -0.3 is 29.2 Å². The predicted octanol–water partition coefficient (Wildman–Crippen LogP) is 4.74. The number of fused-ring (bicyclic) bond motifs is 5. The molecule has 0 heterocycles. The van der Waals surface area contributed by atoms with Crippen LogP contribution in [0, 0.1) is 44.3 Å². The van der Waals surface area contributed by atoms with Crippen LogP contribution in [0.4, 0.5) is 0 Å². The zero-order valence-electron chi connectivity index (χ0n) is 30.3. The van der Waals surface area contributed by atoms with Crippen molar-refractivity contribution in [2.24, 2.45) is 44.3 Å². The largest absolute Gasteiger partial charge is 0.504 e. The summed E-state index contributed by atoms with van der Waals surface area (Å²) in [6.07, 6.45) is 3.31. The number of ether oxygens (including phenoxy) is 3. The van der Waals surface area contributed by atoms with Gasteiger partial charge in [0.05, 0.1) is 25.2 Å². The van der Waals surface area contributed by atoms with E-state index in [4.69, 9.17) is 14.2 Å². The molecule has 1 aromatic carbocycles. The second-order valence-corrected chi connectivity index (χ2v) is 15.8. The molecule has 5 rings (SSSR count). The molecule has 0 spiro atoms. The van der Waals surface area contributed by atoms with Gasteiger partial charge in [-0.1, -0.05) is 32.4 Å². The smallest absolute Gasteiger partial charge is 0.321 e. The Balaban J connectivity index is 1.80. The number of phenolic OH excluding ortho intramolecular Hbond substituents is 2. The summed E-state index contributed by atoms with van der Waals surface area (Å²) < 4.78 is 16.3. The number of hydrogen-bond acceptors (Lipinski definition) is 12. The fraction of sp³-hybridized carbons (Fsp3) is 0.605. The van der Waals surface area contributed by atoms with Crippen LogP contribution in [-0.2, 0) is 33.4 Å². The molecule has 8 atom stereocenters. The molecule has 0 amide bonds. The minimum atomic E-state index is -2.59. The summed E-state index contributed by atoms with van der Waals surface area (Å²) in [5, 5.41) is 21.3. The van der Waals surface area contributed by atoms with Gasteiger partial charge in [0, 0.05) is 23.3 Å². The monoisotopic (exact) mass is 694 g/mol. The lowest BCUT2D eigenvalue weighted by Gasteiger charge is -2.67. The second kappa shape index (κ2) is 11.3. The molecule has 3 saturated carbocycles. The lowest BCUT2D eigenvalue weighted by Crippen LogP contribution is -2.70. The minimum Gasteiger partial charge on any atom is -0.504 e. The molecule has 2 N–H and O–H groups in total. The van der Waals surface area contributed by atoms with Crippen LogP contribution in [0.5, 0.6) is 17.2 Å². The highest BCUT2D eigenvalue weighted by molar-refractivity contribution is 6.40. The minimum absolute atomic E-state index is 0.165. The second-order valence-electron chi connectivity index (χ2n) is 15.8. The fourth-order valence-corrected chi connectivity index (χ4v) is 11.0. The van der Waals surface area contributed by atoms with Gasteiger partial charge in [0.15, 0.2) is 34.6 Å². The molecule has 0 saturated heterocycles. The maximum Gasteiger partial charge on any atom is 0.321 e. The zero-order chi connectivity index (χ0) is 37.7. The van der Waals surface area contributed by atoms with E-state index in [-0.39, 0.29) is 24.5 Å². The van der Waals surface area contributed by atoms with Crippen LogP contribution >= 0.6 is 0 Å². The molecular weight excluding hydrogens is 648 g/mol. The van der Waals surface area contributed by atoms with Gasteiger partial charge in [-0.3, -0.25) is 28.8 Å². The highest BCUT2D eigenvalue weighted by Gasteiger charge is 2.86. The SMILES string of the molecule is COC(=O)[C@@]12C(=O)[C@](C)(C(=O)c3cc(OC)c(O)c(O)c3C(C)=O)C(=O)[C@]1(C)C(C)=C[C@H]1[C@]3(C=O)CC[C@H](OC(C)=O)C(C)(C)[C@H]3CC[C@@]12C. The first-order chi connectivity index (χ1) is 23.1. The van der Waals surface area contributed by atoms with Gasteiger partial charge in [-0.15, -0.1) is 0 Å². The van der Waals surface area contributed by atoms with Gasteiger partial charge in [0.2, 0.25) is 5.75 Å². The van der Waals surface area contributed by atoms with Gasteiger partial charge >= 0.3 is 11.9 Å². The maximum atomic E-state index is 15.5. The summed E-state index contributed by atoms with van der Waals surface area (Å²) in [6.45, 7) is 12.2. The van der Waals surface area contributed by atoms with Crippen molar-refractivity contribution in [1.82, 2.24) is 0 Å². The van der Waals surface area contributed by atoms with E-state index in [1.807, 2.05) is 19.9 Å². The molecule has 0 radical (unpaired) electrons. The lowest BCUT2D eigenvalue weighted by atomic mass is 9.33. The van der Waals surface area contributed by atoms with Crippen LogP contribution in [0.25, 0.3) is 0 Å². The van der Waals surface area contributed by atoms with Crippen molar-refractivity contribution in [2.75, 3.05) is 14.2 Å². The third kappa shape index (κ3) is 4.01. The fourth-order valence-electron chi connectivity index (χ4n) is 11.0. The Hall–Kier alpha value is -4.35. The van der Waals surface area contributed by atoms with Crippen LogP contribution in [0.1, 0.15) is 102 Å². The van der Waals surface area contributed by atoms with Crippen LogP contribution < -0.4 is 4.74 Å². The Kier molecular flexibility index (Phi) is 8.37. The molecule has 3 fully saturated rings. The predicted molar refractivity (Wildman–Crippen MR) is 176 cm³/mol. The van der Waals surface area contributed by atoms with Crippen molar-refractivity contribution in [3.8, 4) is 17.2 Å². The number of ketones is 4. The van der Waals surface area contributed by atoms with E-state index in [1.165, 1.54) is 13.8 Å². The van der Waals surface area contributed by atoms with Crippen LogP contribution in [0.3, 0.4) is 0 Å². The van der Waals surface area contributed by atoms with Crippen molar-refractivity contribution < 1.29 is 58.0 Å². The number of rotatable bonds is 7. The van der Waals surface area contributed by atoms with Crippen molar-refractivity contribution in [2.45, 2.75) is 87.2 Å². The number of allylic oxidation sites excluding steroid dienone is 2. The first-order valence-electron chi connectivity index (χ1n) is 16.8. The van der Waals surface area contributed by atoms with Gasteiger partial charge in [-0.2, -0.15) is 0 Å². The molecule has 1 aromatic rings. The number of carbonyl (C=O) groups excluding carboxylic acids is 7. The quantitative estimate of drug-likeness (QED) is 0.0998. The molecule has 50 heavy (non-hydrogen) atoms. The van der Waals surface area contributed by atoms with E-state index in [0.29, 0.717) is 18.4 Å². The van der Waals surface area contributed by atoms with Gasteiger partial charge in [0.25, 0.3) is 0 Å². The Labute approximate surface area is 290 Å². The van der Waals surface area contributed by atoms with Crippen molar-refractivity contribution in [3.05, 3.63) is 28.8 Å². The summed E-state index contributed by atoms with van der Waals surface area (Å²) in [5.41, 5.74) is -11.0. The molecule has 0 aliphatic heterocycles. The molecule has 4 aliphatic rings. The van der Waals surface area contributed by atoms with Crippen molar-refractivity contribution in [1.29, 1.82) is 0 Å². The maximum absolute atomic E-state index is 15.5. The number of methoxy groups -OCH3 is 2. The zero-order valence-corrected chi connectivity index (χ0v) is 30.3. The molecular formula is C38H46O12. The number of Topliss-reactive ketones (excluding diaryl/α,β-unsaturated/α-hetero) is 4. The van der Waals surface area contributed by atoms with Crippen LogP contribution in [0.15, 0.2) is 17.7 Å². The Bertz CT molecular complexity index is 1800. The molecule has 0 unspecified atom stereocenters. The standard InChI is InChI=1S/C38H46O12/c1-18-15-24-34(6,13-11-23-33(4,5)25(50-20(3)41)12-14-37(23,24)17-39)38(32(47)49-10)31(46)35(7,30(45)36(18,38)8)29(44)21-16-22(48-9)27(42)28(43)26(21)19(2)40/h15-17,23-25,42-43H,11-14H2,1-10H3/t23-,24-,25+,34+,35-,36+,37+,38-/m1/s1. The molecule has 0 bridgehead atoms. The number of aromatic hydroxyl groups is 2. The van der Waals surface area contributed by atoms with Gasteiger partial charge in [0.1, 0.15) is 23.2 Å². The average Bonchev–Trinajstić information content (AvgIpc) is 3.20. The topological polar surface area (TPSA) is 188 Å². The Morgan fingerprint density at radius 1 is 0.920 bits per heavy atom. The highest BCUT2D eigenvalue weighted by atomic mass is 16.5.